The number of rotatable bonds is 0. The van der Waals surface area contributed by atoms with Crippen molar-refractivity contribution in [2.45, 2.75) is 34.5 Å². The normalized spacial score (nSPS) is 51.8. The van der Waals surface area contributed by atoms with Gasteiger partial charge in [-0.05, 0) is 0 Å². The Labute approximate surface area is 112 Å². The summed E-state index contributed by atoms with van der Waals surface area (Å²) >= 11 is 0. The zero-order chi connectivity index (χ0) is 17.3. The molecule has 1 saturated carbocycles. The molecule has 0 amide bonds. The summed E-state index contributed by atoms with van der Waals surface area (Å²) in [4.78, 5) is 0. The van der Waals surface area contributed by atoms with Gasteiger partial charge in [-0.15, -0.1) is 0 Å². The van der Waals surface area contributed by atoms with Gasteiger partial charge in [0.15, 0.2) is 17.5 Å². The first-order valence-electron chi connectivity index (χ1n) is 5.27. The highest BCUT2D eigenvalue weighted by Crippen LogP contribution is 2.83. The third-order valence-electron chi connectivity index (χ3n) is 4.29. The molecule has 0 aliphatic heterocycles. The lowest BCUT2D eigenvalue weighted by Crippen LogP contribution is -2.67. The number of alkyl halides is 8. The molecular weight excluding hydrogens is 348 g/mol. The van der Waals surface area contributed by atoms with Gasteiger partial charge >= 0.3 is 11.8 Å². The largest absolute Gasteiger partial charge is 0.342 e. The maximum absolute atomic E-state index is 14.2. The number of allylic oxidation sites excluding steroid dienone is 4. The summed E-state index contributed by atoms with van der Waals surface area (Å²) in [5.74, 6) is -27.7. The van der Waals surface area contributed by atoms with Gasteiger partial charge in [0.1, 0.15) is 0 Å². The number of hydrogen-bond acceptors (Lipinski definition) is 0. The summed E-state index contributed by atoms with van der Waals surface area (Å²) in [6.45, 7) is 0. The summed E-state index contributed by atoms with van der Waals surface area (Å²) in [6, 6.07) is 0. The highest BCUT2D eigenvalue weighted by Gasteiger charge is 3.10. The van der Waals surface area contributed by atoms with Crippen LogP contribution in [0.25, 0.3) is 0 Å². The summed E-state index contributed by atoms with van der Waals surface area (Å²) in [7, 11) is 0. The van der Waals surface area contributed by atoms with E-state index >= 15 is 0 Å². The maximum atomic E-state index is 14.2. The lowest BCUT2D eigenvalue weighted by molar-refractivity contribution is -0.228. The molecule has 0 saturated heterocycles. The predicted molar refractivity (Wildman–Crippen MR) is 43.7 cm³/mol. The average Bonchev–Trinajstić information content (AvgIpc) is 2.65. The van der Waals surface area contributed by atoms with Crippen molar-refractivity contribution in [3.63, 3.8) is 0 Å². The van der Waals surface area contributed by atoms with Crippen LogP contribution < -0.4 is 0 Å². The minimum Gasteiger partial charge on any atom is -0.228 e. The topological polar surface area (TPSA) is 0 Å². The van der Waals surface area contributed by atoms with Crippen LogP contribution >= 0.6 is 0 Å². The molecular formula is C10F12. The quantitative estimate of drug-likeness (QED) is 0.568. The monoisotopic (exact) mass is 348 g/mol. The molecule has 0 N–H and O–H groups in total. The molecule has 4 atom stereocenters. The first kappa shape index (κ1) is 15.5. The van der Waals surface area contributed by atoms with Gasteiger partial charge in [0.05, 0.1) is 0 Å². The van der Waals surface area contributed by atoms with Gasteiger partial charge in [-0.1, -0.05) is 0 Å². The lowest BCUT2D eigenvalue weighted by atomic mass is 9.74. The molecule has 0 unspecified atom stereocenters. The molecule has 12 heteroatoms. The minimum absolute atomic E-state index is 3.66. The van der Waals surface area contributed by atoms with E-state index in [1.165, 1.54) is 0 Å². The van der Waals surface area contributed by atoms with Gasteiger partial charge in [0.25, 0.3) is 22.7 Å². The van der Waals surface area contributed by atoms with Crippen LogP contribution in [0.1, 0.15) is 0 Å². The fourth-order valence-electron chi connectivity index (χ4n) is 3.20. The number of halogens is 12. The Bertz CT molecular complexity index is 677. The average molecular weight is 348 g/mol. The van der Waals surface area contributed by atoms with Crippen molar-refractivity contribution in [1.29, 1.82) is 0 Å². The highest BCUT2D eigenvalue weighted by atomic mass is 19.3. The smallest absolute Gasteiger partial charge is 0.228 e. The van der Waals surface area contributed by atoms with Gasteiger partial charge in [-0.25, -0.2) is 35.1 Å². The summed E-state index contributed by atoms with van der Waals surface area (Å²) in [6.07, 6.45) is 0. The molecule has 0 radical (unpaired) electrons. The predicted octanol–water partition coefficient (Wildman–Crippen LogP) is 4.43. The SMILES string of the molecule is FC1=C(F)[C@]2(F)[C@](F)(C1(F)F)[C@@]1(F)C(F)=C(F)[C@]2(F)C1(F)F. The van der Waals surface area contributed by atoms with E-state index in [4.69, 9.17) is 0 Å². The van der Waals surface area contributed by atoms with Crippen LogP contribution in [0.3, 0.4) is 0 Å². The van der Waals surface area contributed by atoms with Crippen molar-refractivity contribution in [3.8, 4) is 0 Å². The Morgan fingerprint density at radius 1 is 0.455 bits per heavy atom. The van der Waals surface area contributed by atoms with Crippen LogP contribution in [-0.2, 0) is 0 Å². The van der Waals surface area contributed by atoms with Gasteiger partial charge in [0.2, 0.25) is 5.83 Å². The molecule has 3 aliphatic carbocycles. The van der Waals surface area contributed by atoms with Crippen molar-refractivity contribution in [2.24, 2.45) is 0 Å². The molecule has 0 aromatic heterocycles. The van der Waals surface area contributed by atoms with E-state index in [0.717, 1.165) is 0 Å². The van der Waals surface area contributed by atoms with Crippen LogP contribution in [0.4, 0.5) is 52.7 Å². The Morgan fingerprint density at radius 3 is 1.27 bits per heavy atom. The van der Waals surface area contributed by atoms with Crippen molar-refractivity contribution in [3.05, 3.63) is 23.3 Å². The van der Waals surface area contributed by atoms with Crippen molar-refractivity contribution >= 4 is 0 Å². The molecule has 0 nitrogen and oxygen atoms in total. The first-order valence-corrected chi connectivity index (χ1v) is 5.27. The second kappa shape index (κ2) is 3.14. The van der Waals surface area contributed by atoms with Crippen LogP contribution in [-0.4, -0.2) is 34.5 Å². The number of fused-ring (bicyclic) bond motifs is 5. The van der Waals surface area contributed by atoms with Gasteiger partial charge < -0.3 is 0 Å². The van der Waals surface area contributed by atoms with E-state index in [-0.39, 0.29) is 0 Å². The Morgan fingerprint density at radius 2 is 0.818 bits per heavy atom. The Kier molecular flexibility index (Phi) is 2.21. The van der Waals surface area contributed by atoms with E-state index < -0.39 is 57.8 Å². The fourth-order valence-corrected chi connectivity index (χ4v) is 3.20. The van der Waals surface area contributed by atoms with E-state index in [0.29, 0.717) is 0 Å². The molecule has 3 rings (SSSR count). The van der Waals surface area contributed by atoms with Crippen LogP contribution in [0, 0.1) is 0 Å². The van der Waals surface area contributed by atoms with Gasteiger partial charge in [-0.2, -0.15) is 17.6 Å². The van der Waals surface area contributed by atoms with E-state index in [2.05, 4.69) is 0 Å². The van der Waals surface area contributed by atoms with Crippen molar-refractivity contribution < 1.29 is 52.7 Å². The third kappa shape index (κ3) is 0.810. The lowest BCUT2D eigenvalue weighted by Gasteiger charge is -2.40. The molecule has 0 heterocycles. The van der Waals surface area contributed by atoms with E-state index in [1.807, 2.05) is 0 Å². The summed E-state index contributed by atoms with van der Waals surface area (Å²) in [5, 5.41) is 0. The van der Waals surface area contributed by atoms with Crippen molar-refractivity contribution in [2.75, 3.05) is 0 Å². The number of hydrogen-bond donors (Lipinski definition) is 0. The molecule has 3 aliphatic rings. The highest BCUT2D eigenvalue weighted by molar-refractivity contribution is 5.65. The Balaban J connectivity index is 2.57. The van der Waals surface area contributed by atoms with Gasteiger partial charge in [0, 0.05) is 0 Å². The van der Waals surface area contributed by atoms with Crippen LogP contribution in [0.2, 0.25) is 0 Å². The summed E-state index contributed by atoms with van der Waals surface area (Å²) < 4.78 is 163. The zero-order valence-corrected chi connectivity index (χ0v) is 9.54. The zero-order valence-electron chi connectivity index (χ0n) is 9.54. The standard InChI is InChI=1S/C10F12/c11-1-2(12)7(17)9(20)5(15,6(1,16)10(7,21)22)3(13)4(14)8(9,18)19/t5-,6-,7+,9-/m1/s1. The molecule has 0 spiro atoms. The molecule has 0 aromatic rings. The van der Waals surface area contributed by atoms with Gasteiger partial charge in [-0.3, -0.25) is 0 Å². The molecule has 1 fully saturated rings. The molecule has 124 valence electrons. The Hall–Kier alpha value is -1.36. The van der Waals surface area contributed by atoms with E-state index in [1.54, 1.807) is 0 Å². The van der Waals surface area contributed by atoms with Crippen LogP contribution in [0.15, 0.2) is 23.3 Å². The van der Waals surface area contributed by atoms with Crippen LogP contribution in [0.5, 0.6) is 0 Å². The van der Waals surface area contributed by atoms with E-state index in [9.17, 15) is 52.7 Å². The first-order chi connectivity index (χ1) is 9.63. The summed E-state index contributed by atoms with van der Waals surface area (Å²) in [5.41, 5.74) is -25.0. The fraction of sp³-hybridized carbons (Fsp3) is 0.600. The maximum Gasteiger partial charge on any atom is 0.342 e. The molecule has 22 heavy (non-hydrogen) atoms. The minimum atomic E-state index is -6.45. The van der Waals surface area contributed by atoms with Crippen molar-refractivity contribution in [1.82, 2.24) is 0 Å². The second-order valence-corrected chi connectivity index (χ2v) is 5.04. The third-order valence-corrected chi connectivity index (χ3v) is 4.29. The molecule has 0 aromatic carbocycles. The molecule has 2 bridgehead atoms. The second-order valence-electron chi connectivity index (χ2n) is 5.04.